The first-order chi connectivity index (χ1) is 6.88. The van der Waals surface area contributed by atoms with Crippen molar-refractivity contribution >= 4 is 12.2 Å². The van der Waals surface area contributed by atoms with Crippen LogP contribution < -0.4 is 0 Å². The first-order valence-electron chi connectivity index (χ1n) is 5.26. The van der Waals surface area contributed by atoms with Crippen LogP contribution in [0.25, 0.3) is 12.2 Å². The monoisotopic (exact) mass is 186 g/mol. The number of allylic oxidation sites excluding steroid dienone is 1. The molecular weight excluding hydrogens is 168 g/mol. The van der Waals surface area contributed by atoms with E-state index in [4.69, 9.17) is 0 Å². The van der Waals surface area contributed by atoms with E-state index < -0.39 is 0 Å². The predicted molar refractivity (Wildman–Crippen MR) is 65.1 cm³/mol. The number of benzene rings is 1. The summed E-state index contributed by atoms with van der Waals surface area (Å²) in [6.45, 7) is 6.02. The quantitative estimate of drug-likeness (QED) is 0.592. The third kappa shape index (κ3) is 3.21. The molecule has 74 valence electrons. The number of hydrogen-bond acceptors (Lipinski definition) is 0. The highest BCUT2D eigenvalue weighted by molar-refractivity contribution is 5.64. The summed E-state index contributed by atoms with van der Waals surface area (Å²) < 4.78 is 0. The SMILES string of the molecule is C=Cc1ccccc1/C=C\CCCC. The Kier molecular flexibility index (Phi) is 4.77. The molecule has 0 aliphatic heterocycles. The van der Waals surface area contributed by atoms with Gasteiger partial charge in [-0.1, -0.05) is 68.8 Å². The Morgan fingerprint density at radius 1 is 1.21 bits per heavy atom. The van der Waals surface area contributed by atoms with E-state index in [1.165, 1.54) is 30.4 Å². The molecule has 0 aliphatic carbocycles. The molecule has 0 heteroatoms. The van der Waals surface area contributed by atoms with Crippen molar-refractivity contribution in [3.05, 3.63) is 48.0 Å². The maximum Gasteiger partial charge on any atom is -0.0187 e. The van der Waals surface area contributed by atoms with Crippen molar-refractivity contribution < 1.29 is 0 Å². The summed E-state index contributed by atoms with van der Waals surface area (Å²) in [4.78, 5) is 0. The summed E-state index contributed by atoms with van der Waals surface area (Å²) >= 11 is 0. The molecule has 0 spiro atoms. The lowest BCUT2D eigenvalue weighted by atomic mass is 10.1. The Morgan fingerprint density at radius 2 is 1.93 bits per heavy atom. The van der Waals surface area contributed by atoms with Gasteiger partial charge in [-0.3, -0.25) is 0 Å². The van der Waals surface area contributed by atoms with E-state index in [1.54, 1.807) is 0 Å². The molecule has 0 bridgehead atoms. The van der Waals surface area contributed by atoms with Gasteiger partial charge in [0.15, 0.2) is 0 Å². The summed E-state index contributed by atoms with van der Waals surface area (Å²) in [5, 5.41) is 0. The molecule has 0 aliphatic rings. The molecule has 14 heavy (non-hydrogen) atoms. The van der Waals surface area contributed by atoms with Gasteiger partial charge in [0.05, 0.1) is 0 Å². The average Bonchev–Trinajstić information content (AvgIpc) is 2.25. The van der Waals surface area contributed by atoms with E-state index in [0.717, 1.165) is 0 Å². The van der Waals surface area contributed by atoms with Gasteiger partial charge in [-0.25, -0.2) is 0 Å². The van der Waals surface area contributed by atoms with Crippen LogP contribution in [0.5, 0.6) is 0 Å². The minimum atomic E-state index is 1.17. The van der Waals surface area contributed by atoms with Crippen molar-refractivity contribution in [1.29, 1.82) is 0 Å². The molecule has 1 aromatic rings. The Labute approximate surface area is 87.0 Å². The van der Waals surface area contributed by atoms with Crippen LogP contribution in [0.3, 0.4) is 0 Å². The molecule has 0 unspecified atom stereocenters. The standard InChI is InChI=1S/C14H18/c1-3-5-6-7-11-14-12-9-8-10-13(14)4-2/h4,7-12H,2-3,5-6H2,1H3/b11-7-. The summed E-state index contributed by atoms with van der Waals surface area (Å²) in [6, 6.07) is 8.32. The van der Waals surface area contributed by atoms with E-state index in [-0.39, 0.29) is 0 Å². The van der Waals surface area contributed by atoms with Gasteiger partial charge in [0, 0.05) is 0 Å². The molecule has 0 saturated carbocycles. The molecule has 0 aromatic heterocycles. The number of unbranched alkanes of at least 4 members (excludes halogenated alkanes) is 2. The molecule has 0 fully saturated rings. The highest BCUT2D eigenvalue weighted by Gasteiger charge is 1.91. The van der Waals surface area contributed by atoms with Crippen molar-refractivity contribution in [3.8, 4) is 0 Å². The summed E-state index contributed by atoms with van der Waals surface area (Å²) in [5.74, 6) is 0. The molecule has 0 saturated heterocycles. The van der Waals surface area contributed by atoms with Crippen LogP contribution in [0, 0.1) is 0 Å². The maximum absolute atomic E-state index is 3.80. The molecular formula is C14H18. The lowest BCUT2D eigenvalue weighted by Crippen LogP contribution is -1.78. The van der Waals surface area contributed by atoms with Gasteiger partial charge < -0.3 is 0 Å². The largest absolute Gasteiger partial charge is 0.0984 e. The van der Waals surface area contributed by atoms with Crippen LogP contribution in [-0.4, -0.2) is 0 Å². The lowest BCUT2D eigenvalue weighted by molar-refractivity contribution is 0.816. The average molecular weight is 186 g/mol. The van der Waals surface area contributed by atoms with Gasteiger partial charge in [-0.2, -0.15) is 0 Å². The van der Waals surface area contributed by atoms with Gasteiger partial charge in [-0.05, 0) is 17.5 Å². The van der Waals surface area contributed by atoms with Crippen molar-refractivity contribution in [2.75, 3.05) is 0 Å². The Bertz CT molecular complexity index is 308. The van der Waals surface area contributed by atoms with Gasteiger partial charge in [0.2, 0.25) is 0 Å². The van der Waals surface area contributed by atoms with Crippen LogP contribution in [0.1, 0.15) is 37.3 Å². The number of rotatable bonds is 5. The van der Waals surface area contributed by atoms with E-state index in [9.17, 15) is 0 Å². The zero-order valence-electron chi connectivity index (χ0n) is 8.87. The topological polar surface area (TPSA) is 0 Å². The molecule has 0 nitrogen and oxygen atoms in total. The van der Waals surface area contributed by atoms with Crippen molar-refractivity contribution in [1.82, 2.24) is 0 Å². The molecule has 1 rings (SSSR count). The Morgan fingerprint density at radius 3 is 2.57 bits per heavy atom. The van der Waals surface area contributed by atoms with Crippen molar-refractivity contribution in [2.45, 2.75) is 26.2 Å². The highest BCUT2D eigenvalue weighted by atomic mass is 14.0. The van der Waals surface area contributed by atoms with E-state index in [2.05, 4.69) is 43.9 Å². The maximum atomic E-state index is 3.80. The van der Waals surface area contributed by atoms with Crippen LogP contribution in [-0.2, 0) is 0 Å². The molecule has 0 heterocycles. The fourth-order valence-electron chi connectivity index (χ4n) is 1.38. The van der Waals surface area contributed by atoms with Gasteiger partial charge in [-0.15, -0.1) is 0 Å². The Hall–Kier alpha value is -1.30. The van der Waals surface area contributed by atoms with Crippen LogP contribution in [0.2, 0.25) is 0 Å². The molecule has 1 aromatic carbocycles. The second-order valence-electron chi connectivity index (χ2n) is 3.38. The van der Waals surface area contributed by atoms with E-state index in [1.807, 2.05) is 12.1 Å². The highest BCUT2D eigenvalue weighted by Crippen LogP contribution is 2.12. The van der Waals surface area contributed by atoms with Crippen molar-refractivity contribution in [3.63, 3.8) is 0 Å². The van der Waals surface area contributed by atoms with E-state index in [0.29, 0.717) is 0 Å². The van der Waals surface area contributed by atoms with Crippen LogP contribution >= 0.6 is 0 Å². The number of hydrogen-bond donors (Lipinski definition) is 0. The van der Waals surface area contributed by atoms with Gasteiger partial charge in [0.1, 0.15) is 0 Å². The zero-order chi connectivity index (χ0) is 10.2. The fourth-order valence-corrected chi connectivity index (χ4v) is 1.38. The first-order valence-corrected chi connectivity index (χ1v) is 5.26. The first kappa shape index (κ1) is 10.8. The smallest absolute Gasteiger partial charge is 0.0187 e. The van der Waals surface area contributed by atoms with Crippen molar-refractivity contribution in [2.24, 2.45) is 0 Å². The van der Waals surface area contributed by atoms with Gasteiger partial charge >= 0.3 is 0 Å². The summed E-state index contributed by atoms with van der Waals surface area (Å²) in [5.41, 5.74) is 2.47. The second kappa shape index (κ2) is 6.20. The minimum Gasteiger partial charge on any atom is -0.0984 e. The van der Waals surface area contributed by atoms with Crippen LogP contribution in [0.4, 0.5) is 0 Å². The lowest BCUT2D eigenvalue weighted by Gasteiger charge is -1.99. The normalized spacial score (nSPS) is 10.6. The molecule has 0 N–H and O–H groups in total. The molecule has 0 radical (unpaired) electrons. The van der Waals surface area contributed by atoms with Crippen LogP contribution in [0.15, 0.2) is 36.9 Å². The zero-order valence-corrected chi connectivity index (χ0v) is 8.87. The minimum absolute atomic E-state index is 1.17. The predicted octanol–water partition coefficient (Wildman–Crippen LogP) is 4.53. The molecule has 0 atom stereocenters. The summed E-state index contributed by atoms with van der Waals surface area (Å²) in [7, 11) is 0. The second-order valence-corrected chi connectivity index (χ2v) is 3.38. The third-order valence-electron chi connectivity index (χ3n) is 2.24. The third-order valence-corrected chi connectivity index (χ3v) is 2.24. The molecule has 0 amide bonds. The summed E-state index contributed by atoms with van der Waals surface area (Å²) in [6.07, 6.45) is 10.0. The Balaban J connectivity index is 2.65. The van der Waals surface area contributed by atoms with E-state index >= 15 is 0 Å². The van der Waals surface area contributed by atoms with Gasteiger partial charge in [0.25, 0.3) is 0 Å². The fraction of sp³-hybridized carbons (Fsp3) is 0.286.